The van der Waals surface area contributed by atoms with Gasteiger partial charge in [-0.25, -0.2) is 4.98 Å². The molecule has 0 aliphatic rings. The molecule has 1 heterocycles. The van der Waals surface area contributed by atoms with E-state index in [9.17, 15) is 5.11 Å². The molecule has 1 aromatic heterocycles. The zero-order valence-corrected chi connectivity index (χ0v) is 8.53. The largest absolute Gasteiger partial charge is 0.389 e. The second kappa shape index (κ2) is 5.57. The van der Waals surface area contributed by atoms with Crippen molar-refractivity contribution in [3.8, 4) is 0 Å². The van der Waals surface area contributed by atoms with E-state index in [0.29, 0.717) is 13.2 Å². The van der Waals surface area contributed by atoms with Gasteiger partial charge in [0.25, 0.3) is 0 Å². The molecule has 1 atom stereocenters. The third kappa shape index (κ3) is 3.72. The lowest BCUT2D eigenvalue weighted by Gasteiger charge is -2.11. The van der Waals surface area contributed by atoms with E-state index in [-0.39, 0.29) is 0 Å². The molecule has 1 unspecified atom stereocenters. The molecule has 0 bridgehead atoms. The first-order valence-corrected chi connectivity index (χ1v) is 4.56. The number of anilines is 1. The van der Waals surface area contributed by atoms with Crippen LogP contribution in [0.4, 0.5) is 5.82 Å². The van der Waals surface area contributed by atoms with Crippen LogP contribution >= 0.6 is 0 Å². The van der Waals surface area contributed by atoms with Gasteiger partial charge in [-0.05, 0) is 24.6 Å². The molecule has 1 rings (SSSR count). The number of methoxy groups -OCH3 is 1. The maximum atomic E-state index is 9.36. The summed E-state index contributed by atoms with van der Waals surface area (Å²) in [5, 5.41) is 12.4. The molecule has 0 saturated carbocycles. The van der Waals surface area contributed by atoms with Crippen LogP contribution in [-0.4, -0.2) is 36.5 Å². The topological polar surface area (TPSA) is 54.4 Å². The van der Waals surface area contributed by atoms with E-state index >= 15 is 0 Å². The Morgan fingerprint density at radius 1 is 1.64 bits per heavy atom. The van der Waals surface area contributed by atoms with Gasteiger partial charge in [0.1, 0.15) is 5.82 Å². The number of aromatic nitrogens is 1. The first-order valence-electron chi connectivity index (χ1n) is 4.56. The monoisotopic (exact) mass is 196 g/mol. The summed E-state index contributed by atoms with van der Waals surface area (Å²) >= 11 is 0. The molecule has 0 aliphatic heterocycles. The van der Waals surface area contributed by atoms with Crippen molar-refractivity contribution in [3.63, 3.8) is 0 Å². The molecule has 1 aromatic rings. The lowest BCUT2D eigenvalue weighted by molar-refractivity contribution is 0.0727. The molecular weight excluding hydrogens is 180 g/mol. The molecule has 0 aromatic carbocycles. The third-order valence-electron chi connectivity index (χ3n) is 1.79. The minimum Gasteiger partial charge on any atom is -0.389 e. The second-order valence-corrected chi connectivity index (χ2v) is 3.21. The van der Waals surface area contributed by atoms with Crippen LogP contribution in [0.25, 0.3) is 0 Å². The smallest absolute Gasteiger partial charge is 0.126 e. The molecular formula is C10H16N2O2. The zero-order chi connectivity index (χ0) is 10.4. The fourth-order valence-electron chi connectivity index (χ4n) is 1.11. The normalized spacial score (nSPS) is 12.5. The molecule has 14 heavy (non-hydrogen) atoms. The van der Waals surface area contributed by atoms with E-state index < -0.39 is 6.10 Å². The Hall–Kier alpha value is -1.13. The van der Waals surface area contributed by atoms with Crippen molar-refractivity contribution in [2.24, 2.45) is 0 Å². The van der Waals surface area contributed by atoms with Crippen LogP contribution in [0.3, 0.4) is 0 Å². The molecule has 0 spiro atoms. The number of rotatable bonds is 5. The van der Waals surface area contributed by atoms with E-state index in [1.165, 1.54) is 0 Å². The quantitative estimate of drug-likeness (QED) is 0.731. The van der Waals surface area contributed by atoms with Gasteiger partial charge in [0.2, 0.25) is 0 Å². The Kier molecular flexibility index (Phi) is 4.35. The van der Waals surface area contributed by atoms with Gasteiger partial charge in [0.05, 0.1) is 12.7 Å². The fraction of sp³-hybridized carbons (Fsp3) is 0.500. The zero-order valence-electron chi connectivity index (χ0n) is 8.53. The Morgan fingerprint density at radius 2 is 2.43 bits per heavy atom. The number of pyridine rings is 1. The SMILES string of the molecule is COCC(O)CNc1cc(C)ccn1. The van der Waals surface area contributed by atoms with Crippen LogP contribution in [0, 0.1) is 6.92 Å². The minimum absolute atomic E-state index is 0.332. The minimum atomic E-state index is -0.498. The summed E-state index contributed by atoms with van der Waals surface area (Å²) in [6.07, 6.45) is 1.24. The Bertz CT molecular complexity index is 279. The van der Waals surface area contributed by atoms with Crippen molar-refractivity contribution < 1.29 is 9.84 Å². The highest BCUT2D eigenvalue weighted by Crippen LogP contribution is 2.04. The van der Waals surface area contributed by atoms with Crippen LogP contribution < -0.4 is 5.32 Å². The fourth-order valence-corrected chi connectivity index (χ4v) is 1.11. The summed E-state index contributed by atoms with van der Waals surface area (Å²) < 4.78 is 4.81. The number of aliphatic hydroxyl groups excluding tert-OH is 1. The van der Waals surface area contributed by atoms with Gasteiger partial charge in [0, 0.05) is 19.9 Å². The number of nitrogens with one attached hydrogen (secondary N) is 1. The number of hydrogen-bond donors (Lipinski definition) is 2. The molecule has 0 aliphatic carbocycles. The molecule has 0 radical (unpaired) electrons. The van der Waals surface area contributed by atoms with Gasteiger partial charge < -0.3 is 15.2 Å². The van der Waals surface area contributed by atoms with E-state index in [4.69, 9.17) is 4.74 Å². The highest BCUT2D eigenvalue weighted by Gasteiger charge is 2.02. The Balaban J connectivity index is 2.37. The molecule has 78 valence electrons. The van der Waals surface area contributed by atoms with Gasteiger partial charge >= 0.3 is 0 Å². The van der Waals surface area contributed by atoms with Crippen molar-refractivity contribution in [1.29, 1.82) is 0 Å². The predicted molar refractivity (Wildman–Crippen MR) is 55.3 cm³/mol. The average molecular weight is 196 g/mol. The number of aryl methyl sites for hydroxylation is 1. The average Bonchev–Trinajstić information content (AvgIpc) is 2.15. The van der Waals surface area contributed by atoms with E-state index in [0.717, 1.165) is 11.4 Å². The predicted octanol–water partition coefficient (Wildman–Crippen LogP) is 0.809. The summed E-state index contributed by atoms with van der Waals surface area (Å²) in [6.45, 7) is 2.78. The van der Waals surface area contributed by atoms with Crippen LogP contribution in [0.15, 0.2) is 18.3 Å². The standard InChI is InChI=1S/C10H16N2O2/c1-8-3-4-11-10(5-8)12-6-9(13)7-14-2/h3-5,9,13H,6-7H2,1-2H3,(H,11,12). The molecule has 2 N–H and O–H groups in total. The number of nitrogens with zero attached hydrogens (tertiary/aromatic N) is 1. The highest BCUT2D eigenvalue weighted by atomic mass is 16.5. The maximum absolute atomic E-state index is 9.36. The van der Waals surface area contributed by atoms with Gasteiger partial charge in [-0.3, -0.25) is 0 Å². The van der Waals surface area contributed by atoms with Crippen molar-refractivity contribution in [3.05, 3.63) is 23.9 Å². The van der Waals surface area contributed by atoms with Gasteiger partial charge in [-0.15, -0.1) is 0 Å². The molecule has 0 saturated heterocycles. The number of hydrogen-bond acceptors (Lipinski definition) is 4. The summed E-state index contributed by atoms with van der Waals surface area (Å²) in [5.74, 6) is 0.778. The van der Waals surface area contributed by atoms with Crippen molar-refractivity contribution in [2.75, 3.05) is 25.6 Å². The lowest BCUT2D eigenvalue weighted by atomic mass is 10.3. The Labute approximate surface area is 83.9 Å². The van der Waals surface area contributed by atoms with E-state index in [2.05, 4.69) is 10.3 Å². The van der Waals surface area contributed by atoms with E-state index in [1.54, 1.807) is 13.3 Å². The van der Waals surface area contributed by atoms with Gasteiger partial charge in [-0.2, -0.15) is 0 Å². The molecule has 4 heteroatoms. The summed E-state index contributed by atoms with van der Waals surface area (Å²) in [4.78, 5) is 4.11. The van der Waals surface area contributed by atoms with Gasteiger partial charge in [0.15, 0.2) is 0 Å². The number of aliphatic hydroxyl groups is 1. The molecule has 0 fully saturated rings. The summed E-state index contributed by atoms with van der Waals surface area (Å²) in [5.41, 5.74) is 1.14. The number of ether oxygens (including phenoxy) is 1. The third-order valence-corrected chi connectivity index (χ3v) is 1.79. The van der Waals surface area contributed by atoms with Crippen molar-refractivity contribution in [2.45, 2.75) is 13.0 Å². The molecule has 4 nitrogen and oxygen atoms in total. The van der Waals surface area contributed by atoms with Crippen molar-refractivity contribution >= 4 is 5.82 Å². The van der Waals surface area contributed by atoms with Crippen LogP contribution in [-0.2, 0) is 4.74 Å². The van der Waals surface area contributed by atoms with Crippen LogP contribution in [0.2, 0.25) is 0 Å². The lowest BCUT2D eigenvalue weighted by Crippen LogP contribution is -2.24. The summed E-state index contributed by atoms with van der Waals surface area (Å²) in [7, 11) is 1.56. The van der Waals surface area contributed by atoms with Crippen LogP contribution in [0.5, 0.6) is 0 Å². The first kappa shape index (κ1) is 10.9. The first-order chi connectivity index (χ1) is 6.72. The van der Waals surface area contributed by atoms with Gasteiger partial charge in [-0.1, -0.05) is 0 Å². The highest BCUT2D eigenvalue weighted by molar-refractivity contribution is 5.36. The second-order valence-electron chi connectivity index (χ2n) is 3.21. The summed E-state index contributed by atoms with van der Waals surface area (Å²) in [6, 6.07) is 3.86. The van der Waals surface area contributed by atoms with Crippen molar-refractivity contribution in [1.82, 2.24) is 4.98 Å². The van der Waals surface area contributed by atoms with Crippen LogP contribution in [0.1, 0.15) is 5.56 Å². The molecule has 0 amide bonds. The van der Waals surface area contributed by atoms with E-state index in [1.807, 2.05) is 19.1 Å². The maximum Gasteiger partial charge on any atom is 0.126 e. The Morgan fingerprint density at radius 3 is 3.07 bits per heavy atom.